The van der Waals surface area contributed by atoms with E-state index in [0.29, 0.717) is 23.8 Å². The van der Waals surface area contributed by atoms with Crippen LogP contribution in [0.1, 0.15) is 12.5 Å². The number of H-pyrrole nitrogens is 1. The van der Waals surface area contributed by atoms with Gasteiger partial charge in [-0.15, -0.1) is 0 Å². The number of methoxy groups -OCH3 is 1. The minimum absolute atomic E-state index is 0.250. The lowest BCUT2D eigenvalue weighted by atomic mass is 10.1. The second-order valence-corrected chi connectivity index (χ2v) is 6.54. The van der Waals surface area contributed by atoms with Crippen LogP contribution in [0.15, 0.2) is 62.9 Å². The molecule has 0 unspecified atom stereocenters. The van der Waals surface area contributed by atoms with Gasteiger partial charge in [-0.1, -0.05) is 30.3 Å². The number of hydrazone groups is 1. The van der Waals surface area contributed by atoms with Crippen LogP contribution in [-0.4, -0.2) is 29.9 Å². The highest BCUT2D eigenvalue weighted by Gasteiger charge is 2.10. The Kier molecular flexibility index (Phi) is 6.44. The molecule has 8 heteroatoms. The number of ether oxygens (including phenoxy) is 2. The number of halogens is 1. The summed E-state index contributed by atoms with van der Waals surface area (Å²) in [5, 5.41) is 4.16. The van der Waals surface area contributed by atoms with Crippen molar-refractivity contribution in [3.8, 4) is 22.8 Å². The summed E-state index contributed by atoms with van der Waals surface area (Å²) in [5.74, 6) is 1.48. The van der Waals surface area contributed by atoms with E-state index in [4.69, 9.17) is 9.47 Å². The van der Waals surface area contributed by atoms with Crippen molar-refractivity contribution in [1.29, 1.82) is 0 Å². The van der Waals surface area contributed by atoms with Gasteiger partial charge in [-0.2, -0.15) is 5.10 Å². The summed E-state index contributed by atoms with van der Waals surface area (Å²) in [5.41, 5.74) is 4.69. The van der Waals surface area contributed by atoms with Crippen LogP contribution in [0, 0.1) is 0 Å². The molecule has 0 saturated heterocycles. The van der Waals surface area contributed by atoms with Crippen molar-refractivity contribution in [2.45, 2.75) is 6.92 Å². The smallest absolute Gasteiger partial charge is 0.252 e. The van der Waals surface area contributed by atoms with Gasteiger partial charge in [0, 0.05) is 11.6 Å². The molecule has 0 radical (unpaired) electrons. The van der Waals surface area contributed by atoms with Crippen LogP contribution in [0.4, 0.5) is 5.95 Å². The minimum atomic E-state index is -0.266. The van der Waals surface area contributed by atoms with Gasteiger partial charge >= 0.3 is 0 Å². The number of nitrogens with one attached hydrogen (secondary N) is 2. The summed E-state index contributed by atoms with van der Waals surface area (Å²) in [7, 11) is 1.58. The molecule has 28 heavy (non-hydrogen) atoms. The number of aromatic amines is 1. The highest BCUT2D eigenvalue weighted by Crippen LogP contribution is 2.36. The SMILES string of the molecule is CCOc1cc(/C=N\Nc2nc(-c3ccccc3)cc(=O)[nH]2)cc(Br)c1OC. The van der Waals surface area contributed by atoms with Crippen LogP contribution in [0.3, 0.4) is 0 Å². The molecule has 2 N–H and O–H groups in total. The fraction of sp³-hybridized carbons (Fsp3) is 0.150. The van der Waals surface area contributed by atoms with E-state index < -0.39 is 0 Å². The zero-order valence-electron chi connectivity index (χ0n) is 15.4. The average Bonchev–Trinajstić information content (AvgIpc) is 2.68. The fourth-order valence-electron chi connectivity index (χ4n) is 2.56. The van der Waals surface area contributed by atoms with Gasteiger partial charge in [-0.05, 0) is 40.5 Å². The van der Waals surface area contributed by atoms with Crippen molar-refractivity contribution in [3.05, 3.63) is 68.9 Å². The lowest BCUT2D eigenvalue weighted by Crippen LogP contribution is -2.10. The normalized spacial score (nSPS) is 10.8. The van der Waals surface area contributed by atoms with Crippen molar-refractivity contribution in [2.24, 2.45) is 5.10 Å². The maximum absolute atomic E-state index is 11.9. The van der Waals surface area contributed by atoms with E-state index in [0.717, 1.165) is 15.6 Å². The first kappa shape index (κ1) is 19.6. The highest BCUT2D eigenvalue weighted by molar-refractivity contribution is 9.10. The third kappa shape index (κ3) is 4.77. The first-order chi connectivity index (χ1) is 13.6. The molecular formula is C20H19BrN4O3. The molecule has 0 spiro atoms. The first-order valence-electron chi connectivity index (χ1n) is 8.57. The Labute approximate surface area is 170 Å². The van der Waals surface area contributed by atoms with Gasteiger partial charge in [-0.3, -0.25) is 9.78 Å². The van der Waals surface area contributed by atoms with Crippen LogP contribution in [0.2, 0.25) is 0 Å². The summed E-state index contributed by atoms with van der Waals surface area (Å²) in [4.78, 5) is 18.9. The van der Waals surface area contributed by atoms with Crippen molar-refractivity contribution in [3.63, 3.8) is 0 Å². The van der Waals surface area contributed by atoms with Gasteiger partial charge in [0.05, 0.1) is 30.1 Å². The number of hydrogen-bond acceptors (Lipinski definition) is 6. The number of anilines is 1. The molecule has 3 aromatic rings. The van der Waals surface area contributed by atoms with Gasteiger partial charge in [0.1, 0.15) is 0 Å². The summed E-state index contributed by atoms with van der Waals surface area (Å²) >= 11 is 3.46. The van der Waals surface area contributed by atoms with Crippen molar-refractivity contribution in [1.82, 2.24) is 9.97 Å². The van der Waals surface area contributed by atoms with E-state index in [2.05, 4.69) is 36.4 Å². The standard InChI is InChI=1S/C20H19BrN4O3/c1-3-28-17-10-13(9-15(21)19(17)27-2)12-22-25-20-23-16(11-18(26)24-20)14-7-5-4-6-8-14/h4-12H,3H2,1-2H3,(H2,23,24,25,26)/b22-12-. The largest absolute Gasteiger partial charge is 0.492 e. The van der Waals surface area contributed by atoms with Crippen LogP contribution in [-0.2, 0) is 0 Å². The van der Waals surface area contributed by atoms with Crippen molar-refractivity contribution in [2.75, 3.05) is 19.1 Å². The third-order valence-electron chi connectivity index (χ3n) is 3.73. The van der Waals surface area contributed by atoms with Crippen molar-refractivity contribution >= 4 is 28.1 Å². The Morgan fingerprint density at radius 3 is 2.75 bits per heavy atom. The highest BCUT2D eigenvalue weighted by atomic mass is 79.9. The van der Waals surface area contributed by atoms with Gasteiger partial charge in [0.15, 0.2) is 11.5 Å². The maximum atomic E-state index is 11.9. The Morgan fingerprint density at radius 2 is 2.04 bits per heavy atom. The Bertz CT molecular complexity index is 1040. The first-order valence-corrected chi connectivity index (χ1v) is 9.36. The summed E-state index contributed by atoms with van der Waals surface area (Å²) in [6.45, 7) is 2.41. The number of aromatic nitrogens is 2. The zero-order chi connectivity index (χ0) is 19.9. The second kappa shape index (κ2) is 9.18. The summed E-state index contributed by atoms with van der Waals surface area (Å²) < 4.78 is 11.7. The van der Waals surface area contributed by atoms with Gasteiger partial charge in [0.2, 0.25) is 5.95 Å². The number of rotatable bonds is 7. The predicted molar refractivity (Wildman–Crippen MR) is 113 cm³/mol. The second-order valence-electron chi connectivity index (χ2n) is 5.68. The third-order valence-corrected chi connectivity index (χ3v) is 4.32. The van der Waals surface area contributed by atoms with Gasteiger partial charge < -0.3 is 9.47 Å². The van der Waals surface area contributed by atoms with E-state index in [-0.39, 0.29) is 11.5 Å². The zero-order valence-corrected chi connectivity index (χ0v) is 17.0. The van der Waals surface area contributed by atoms with Crippen molar-refractivity contribution < 1.29 is 9.47 Å². The van der Waals surface area contributed by atoms with Gasteiger partial charge in [0.25, 0.3) is 5.56 Å². The number of nitrogens with zero attached hydrogens (tertiary/aromatic N) is 2. The molecule has 1 aromatic heterocycles. The van der Waals surface area contributed by atoms with E-state index in [1.165, 1.54) is 6.07 Å². The number of benzene rings is 2. The van der Waals surface area contributed by atoms with Crippen LogP contribution in [0.25, 0.3) is 11.3 Å². The minimum Gasteiger partial charge on any atom is -0.492 e. The molecule has 2 aromatic carbocycles. The molecule has 1 heterocycles. The quantitative estimate of drug-likeness (QED) is 0.425. The molecule has 0 aliphatic heterocycles. The maximum Gasteiger partial charge on any atom is 0.252 e. The lowest BCUT2D eigenvalue weighted by Gasteiger charge is -2.11. The van der Waals surface area contributed by atoms with E-state index >= 15 is 0 Å². The topological polar surface area (TPSA) is 88.6 Å². The molecule has 0 bridgehead atoms. The van der Waals surface area contributed by atoms with Crippen LogP contribution in [0.5, 0.6) is 11.5 Å². The molecule has 0 aliphatic carbocycles. The lowest BCUT2D eigenvalue weighted by molar-refractivity contribution is 0.310. The molecule has 3 rings (SSSR count). The monoisotopic (exact) mass is 442 g/mol. The molecule has 7 nitrogen and oxygen atoms in total. The molecule has 0 amide bonds. The van der Waals surface area contributed by atoms with E-state index in [9.17, 15) is 4.79 Å². The number of hydrogen-bond donors (Lipinski definition) is 2. The average molecular weight is 443 g/mol. The molecule has 144 valence electrons. The van der Waals surface area contributed by atoms with Crippen LogP contribution >= 0.6 is 15.9 Å². The molecular weight excluding hydrogens is 424 g/mol. The molecule has 0 fully saturated rings. The Hall–Kier alpha value is -3.13. The predicted octanol–water partition coefficient (Wildman–Crippen LogP) is 4.05. The Balaban J connectivity index is 1.82. The molecule has 0 atom stereocenters. The van der Waals surface area contributed by atoms with E-state index in [1.807, 2.05) is 49.4 Å². The Morgan fingerprint density at radius 1 is 1.25 bits per heavy atom. The molecule has 0 saturated carbocycles. The van der Waals surface area contributed by atoms with Crippen LogP contribution < -0.4 is 20.5 Å². The van der Waals surface area contributed by atoms with E-state index in [1.54, 1.807) is 13.3 Å². The summed E-state index contributed by atoms with van der Waals surface area (Å²) in [6, 6.07) is 14.6. The van der Waals surface area contributed by atoms with Gasteiger partial charge in [-0.25, -0.2) is 10.4 Å². The summed E-state index contributed by atoms with van der Waals surface area (Å²) in [6.07, 6.45) is 1.60. The fourth-order valence-corrected chi connectivity index (χ4v) is 3.18. The molecule has 0 aliphatic rings.